The number of azo groups is 3. The molecule has 0 saturated carbocycles. The van der Waals surface area contributed by atoms with Crippen LogP contribution in [0.15, 0.2) is 108 Å². The van der Waals surface area contributed by atoms with E-state index in [9.17, 15) is 31.5 Å². The van der Waals surface area contributed by atoms with Gasteiger partial charge in [0.2, 0.25) is 0 Å². The number of hydrogen-bond acceptors (Lipinski definition) is 19. The third kappa shape index (κ3) is 14.0. The van der Waals surface area contributed by atoms with Crippen molar-refractivity contribution >= 4 is 89.7 Å². The van der Waals surface area contributed by atoms with E-state index < -0.39 is 55.8 Å². The Hall–Kier alpha value is -5.73. The van der Waals surface area contributed by atoms with Crippen molar-refractivity contribution < 1.29 is 49.5 Å². The zero-order valence-electron chi connectivity index (χ0n) is 30.8. The van der Waals surface area contributed by atoms with Crippen LogP contribution in [0.2, 0.25) is 0 Å². The first-order valence-electron chi connectivity index (χ1n) is 16.8. The first kappa shape index (κ1) is 45.0. The molecule has 1 amide bonds. The topological polar surface area (TPSA) is 321 Å². The lowest BCUT2D eigenvalue weighted by molar-refractivity contribution is -0.188. The molecule has 0 aromatic heterocycles. The van der Waals surface area contributed by atoms with Gasteiger partial charge in [-0.2, -0.15) is 28.1 Å². The van der Waals surface area contributed by atoms with Crippen LogP contribution in [-0.4, -0.2) is 83.2 Å². The Kier molecular flexibility index (Phi) is 16.4. The number of aromatic carboxylic acids is 1. The highest BCUT2D eigenvalue weighted by molar-refractivity contribution is 7.94. The van der Waals surface area contributed by atoms with Gasteiger partial charge in [0, 0.05) is 23.5 Å². The number of carboxylic acid groups (broad SMARTS) is 1. The van der Waals surface area contributed by atoms with E-state index >= 15 is 0 Å². The summed E-state index contributed by atoms with van der Waals surface area (Å²) < 4.78 is 63.1. The Balaban J connectivity index is 1.61. The Morgan fingerprint density at radius 2 is 1.34 bits per heavy atom. The van der Waals surface area contributed by atoms with Gasteiger partial charge in [-0.15, -0.1) is 15.3 Å². The number of likely N-dealkylation sites (N-methyl/N-ethyl adjacent to an activating group) is 1. The molecule has 0 aliphatic rings. The number of nitrogen functional groups attached to an aromatic ring is 2. The smallest absolute Gasteiger partial charge is 0.397 e. The fraction of sp³-hybridized carbons (Fsp3) is 0.235. The number of carboxylic acids is 1. The van der Waals surface area contributed by atoms with Gasteiger partial charge in [0.1, 0.15) is 22.6 Å². The fourth-order valence-electron chi connectivity index (χ4n) is 4.51. The normalized spacial score (nSPS) is 12.2. The molecule has 4 aromatic rings. The van der Waals surface area contributed by atoms with E-state index in [0.29, 0.717) is 29.4 Å². The molecule has 4 aromatic carbocycles. The summed E-state index contributed by atoms with van der Waals surface area (Å²) in [6.07, 6.45) is 0. The zero-order chi connectivity index (χ0) is 42.3. The average Bonchev–Trinajstić information content (AvgIpc) is 3.17. The van der Waals surface area contributed by atoms with Crippen LogP contribution >= 0.6 is 12.0 Å². The lowest BCUT2D eigenvalue weighted by atomic mass is 10.1. The molecule has 58 heavy (non-hydrogen) atoms. The molecule has 21 nitrogen and oxygen atoms in total. The highest BCUT2D eigenvalue weighted by Crippen LogP contribution is 2.49. The number of rotatable bonds is 21. The second-order valence-electron chi connectivity index (χ2n) is 11.8. The second kappa shape index (κ2) is 21.1. The van der Waals surface area contributed by atoms with E-state index in [-0.39, 0.29) is 46.2 Å². The van der Waals surface area contributed by atoms with Crippen molar-refractivity contribution in [3.63, 3.8) is 0 Å². The molecule has 0 unspecified atom stereocenters. The van der Waals surface area contributed by atoms with Crippen molar-refractivity contribution in [3.8, 4) is 0 Å². The number of benzene rings is 4. The van der Waals surface area contributed by atoms with E-state index in [2.05, 4.69) is 45.5 Å². The van der Waals surface area contributed by atoms with Crippen molar-refractivity contribution in [2.45, 2.75) is 11.8 Å². The summed E-state index contributed by atoms with van der Waals surface area (Å²) in [6, 6.07) is 19.2. The highest BCUT2D eigenvalue weighted by atomic mass is 32.3. The maximum absolute atomic E-state index is 12.7. The number of nitrogens with one attached hydrogen (secondary N) is 2. The number of nitrogens with zero attached hydrogens (tertiary/aromatic N) is 6. The van der Waals surface area contributed by atoms with Crippen LogP contribution in [0, 0.1) is 6.92 Å². The summed E-state index contributed by atoms with van der Waals surface area (Å²) in [5.74, 6) is -3.33. The second-order valence-corrected chi connectivity index (χ2v) is 15.9. The van der Waals surface area contributed by atoms with Crippen LogP contribution in [0.4, 0.5) is 45.5 Å². The van der Waals surface area contributed by atoms with Gasteiger partial charge in [-0.25, -0.2) is 22.3 Å². The van der Waals surface area contributed by atoms with Crippen molar-refractivity contribution in [2.75, 3.05) is 56.3 Å². The summed E-state index contributed by atoms with van der Waals surface area (Å²) in [6.45, 7) is 1.69. The van der Waals surface area contributed by atoms with Crippen LogP contribution in [0.25, 0.3) is 0 Å². The predicted molar refractivity (Wildman–Crippen MR) is 214 cm³/mol. The molecular formula is C34H38N10O11S3. The fourth-order valence-corrected chi connectivity index (χ4v) is 6.36. The minimum Gasteiger partial charge on any atom is -0.478 e. The largest absolute Gasteiger partial charge is 0.478 e. The molecule has 308 valence electrons. The van der Waals surface area contributed by atoms with Gasteiger partial charge in [0.15, 0.2) is 9.84 Å². The average molecular weight is 859 g/mol. The summed E-state index contributed by atoms with van der Waals surface area (Å²) >= 11 is 0.932. The number of carbonyl (C=O) groups excluding carboxylic acids is 1. The molecular weight excluding hydrogens is 821 g/mol. The number of sulfone groups is 1. The lowest BCUT2D eigenvalue weighted by Gasteiger charge is -2.13. The van der Waals surface area contributed by atoms with Crippen LogP contribution in [0.5, 0.6) is 0 Å². The predicted octanol–water partition coefficient (Wildman–Crippen LogP) is 6.24. The van der Waals surface area contributed by atoms with Gasteiger partial charge in [-0.1, -0.05) is 23.8 Å². The Morgan fingerprint density at radius 3 is 1.93 bits per heavy atom. The summed E-state index contributed by atoms with van der Waals surface area (Å²) in [5.41, 5.74) is 13.0. The van der Waals surface area contributed by atoms with Crippen molar-refractivity contribution in [2.24, 2.45) is 30.7 Å². The summed E-state index contributed by atoms with van der Waals surface area (Å²) in [5, 5.41) is 40.8. The van der Waals surface area contributed by atoms with E-state index in [1.54, 1.807) is 55.6 Å². The maximum atomic E-state index is 12.7. The third-order valence-corrected chi connectivity index (χ3v) is 10.1. The molecule has 0 spiro atoms. The number of amides is 1. The zero-order valence-corrected chi connectivity index (χ0v) is 33.3. The molecule has 24 heteroatoms. The molecule has 0 heterocycles. The molecule has 0 fully saturated rings. The molecule has 8 N–H and O–H groups in total. The minimum atomic E-state index is -4.79. The van der Waals surface area contributed by atoms with E-state index in [1.165, 1.54) is 24.3 Å². The summed E-state index contributed by atoms with van der Waals surface area (Å²) in [7, 11) is -6.84. The SMILES string of the molecule is CNCCOOSc1cccc(N=Nc2c(N)c(N=Nc3ccc(C(=O)NCCS(=O)(=O)CCOS(=O)(=O)O)cc3)c(N)c(N=Nc3ccc(C)cc3)c2C(=O)O)c1. The first-order chi connectivity index (χ1) is 27.6. The van der Waals surface area contributed by atoms with Crippen LogP contribution in [0.3, 0.4) is 0 Å². The Bertz CT molecular complexity index is 2400. The van der Waals surface area contributed by atoms with Crippen LogP contribution < -0.4 is 22.1 Å². The lowest BCUT2D eigenvalue weighted by Crippen LogP contribution is -2.30. The van der Waals surface area contributed by atoms with Gasteiger partial charge in [0.25, 0.3) is 5.91 Å². The van der Waals surface area contributed by atoms with Gasteiger partial charge >= 0.3 is 16.4 Å². The molecule has 0 atom stereocenters. The van der Waals surface area contributed by atoms with Gasteiger partial charge in [-0.3, -0.25) is 9.35 Å². The first-order valence-corrected chi connectivity index (χ1v) is 20.7. The number of anilines is 2. The minimum absolute atomic E-state index is 0.132. The van der Waals surface area contributed by atoms with Crippen molar-refractivity contribution in [1.82, 2.24) is 10.6 Å². The molecule has 0 aliphatic heterocycles. The van der Waals surface area contributed by atoms with Crippen molar-refractivity contribution in [3.05, 3.63) is 89.5 Å². The van der Waals surface area contributed by atoms with Crippen LogP contribution in [-0.2, 0) is 33.6 Å². The number of aryl methyl sites for hydroxylation is 1. The van der Waals surface area contributed by atoms with E-state index in [0.717, 1.165) is 17.6 Å². The highest BCUT2D eigenvalue weighted by Gasteiger charge is 2.27. The van der Waals surface area contributed by atoms with Gasteiger partial charge < -0.3 is 27.2 Å². The standard InChI is InChI=1S/C34H38N10O11S3/c1-21-6-10-23(11-7-21)39-42-30-27(34(46)47)31(43-41-25-4-3-5-26(20-25)56-55-53-16-14-37-2)29(36)32(28(30)35)44-40-24-12-8-22(9-13-24)33(45)38-15-18-57(48,49)19-17-54-58(50,51)52/h3-13,20,37H,14-19,35-36H2,1-2H3,(H,38,45)(H,46,47)(H,50,51,52). The van der Waals surface area contributed by atoms with E-state index in [4.69, 9.17) is 25.2 Å². The number of carbonyl (C=O) groups is 2. The maximum Gasteiger partial charge on any atom is 0.397 e. The van der Waals surface area contributed by atoms with Crippen LogP contribution in [0.1, 0.15) is 26.3 Å². The van der Waals surface area contributed by atoms with Gasteiger partial charge in [0.05, 0.1) is 65.2 Å². The molecule has 4 rings (SSSR count). The monoisotopic (exact) mass is 858 g/mol. The Labute approximate surface area is 337 Å². The van der Waals surface area contributed by atoms with Gasteiger partial charge in [-0.05, 0) is 68.6 Å². The third-order valence-electron chi connectivity index (χ3n) is 7.42. The quantitative estimate of drug-likeness (QED) is 0.0103. The van der Waals surface area contributed by atoms with Crippen molar-refractivity contribution in [1.29, 1.82) is 0 Å². The molecule has 0 radical (unpaired) electrons. The molecule has 0 bridgehead atoms. The Morgan fingerprint density at radius 1 is 0.759 bits per heavy atom. The molecule has 0 aliphatic carbocycles. The summed E-state index contributed by atoms with van der Waals surface area (Å²) in [4.78, 5) is 31.0. The molecule has 0 saturated heterocycles. The van der Waals surface area contributed by atoms with E-state index in [1.807, 2.05) is 6.92 Å². The number of hydrogen-bond donors (Lipinski definition) is 6. The number of nitrogens with two attached hydrogens (primary N) is 2.